The van der Waals surface area contributed by atoms with Gasteiger partial charge in [0.05, 0.1) is 0 Å². The molecule has 14 heavy (non-hydrogen) atoms. The third kappa shape index (κ3) is 1.71. The van der Waals surface area contributed by atoms with Crippen molar-refractivity contribution in [3.8, 4) is 5.75 Å². The van der Waals surface area contributed by atoms with E-state index in [0.717, 1.165) is 24.2 Å². The lowest BCUT2D eigenvalue weighted by molar-refractivity contribution is 0.0393. The van der Waals surface area contributed by atoms with Crippen LogP contribution in [0.4, 0.5) is 4.39 Å². The highest BCUT2D eigenvalue weighted by Crippen LogP contribution is 2.35. The predicted octanol–water partition coefficient (Wildman–Crippen LogP) is 3.39. The number of hydrogen-bond acceptors (Lipinski definition) is 1. The van der Waals surface area contributed by atoms with Crippen LogP contribution in [0.1, 0.15) is 18.9 Å². The zero-order valence-electron chi connectivity index (χ0n) is 8.02. The number of benzene rings is 1. The van der Waals surface area contributed by atoms with Crippen LogP contribution in [0.3, 0.4) is 0 Å². The van der Waals surface area contributed by atoms with E-state index in [9.17, 15) is 4.39 Å². The molecule has 0 N–H and O–H groups in total. The molecule has 0 aromatic heterocycles. The second-order valence-corrected chi connectivity index (χ2v) is 4.37. The molecule has 0 fully saturated rings. The molecule has 76 valence electrons. The number of halogens is 2. The van der Waals surface area contributed by atoms with Crippen molar-refractivity contribution in [1.29, 1.82) is 0 Å². The molecule has 0 amide bonds. The average molecular weight is 215 g/mol. The van der Waals surface area contributed by atoms with E-state index in [-0.39, 0.29) is 0 Å². The van der Waals surface area contributed by atoms with Gasteiger partial charge in [0, 0.05) is 5.02 Å². The molecule has 1 aliphatic heterocycles. The van der Waals surface area contributed by atoms with Crippen LogP contribution in [0, 0.1) is 0 Å². The van der Waals surface area contributed by atoms with Gasteiger partial charge in [0.15, 0.2) is 0 Å². The Labute approximate surface area is 87.8 Å². The van der Waals surface area contributed by atoms with Gasteiger partial charge >= 0.3 is 0 Å². The molecule has 0 spiro atoms. The van der Waals surface area contributed by atoms with Gasteiger partial charge < -0.3 is 4.74 Å². The van der Waals surface area contributed by atoms with E-state index >= 15 is 0 Å². The number of rotatable bonds is 1. The maximum absolute atomic E-state index is 12.7. The number of hydrogen-bond donors (Lipinski definition) is 0. The van der Waals surface area contributed by atoms with E-state index < -0.39 is 12.3 Å². The molecular formula is C11H12ClFO. The minimum atomic E-state index is -0.669. The lowest BCUT2D eigenvalue weighted by Gasteiger charge is -2.33. The van der Waals surface area contributed by atoms with Crippen LogP contribution in [0.2, 0.25) is 5.02 Å². The standard InChI is InChI=1S/C11H12ClFO/c1-11(7-13)5-4-8-2-3-9(12)6-10(8)14-11/h2-3,6H,4-5,7H2,1H3/t11-/m0/s1. The second-order valence-electron chi connectivity index (χ2n) is 3.94. The molecule has 1 atom stereocenters. The summed E-state index contributed by atoms with van der Waals surface area (Å²) in [5.41, 5.74) is 0.442. The number of fused-ring (bicyclic) bond motifs is 1. The van der Waals surface area contributed by atoms with E-state index in [1.165, 1.54) is 0 Å². The Morgan fingerprint density at radius 1 is 1.57 bits per heavy atom. The highest BCUT2D eigenvalue weighted by Gasteiger charge is 2.31. The normalized spacial score (nSPS) is 25.4. The quantitative estimate of drug-likeness (QED) is 0.696. The largest absolute Gasteiger partial charge is 0.484 e. The summed E-state index contributed by atoms with van der Waals surface area (Å²) in [6.07, 6.45) is 1.57. The van der Waals surface area contributed by atoms with Crippen molar-refractivity contribution in [3.63, 3.8) is 0 Å². The third-order valence-electron chi connectivity index (χ3n) is 2.59. The summed E-state index contributed by atoms with van der Waals surface area (Å²) >= 11 is 5.84. The van der Waals surface area contributed by atoms with E-state index in [1.807, 2.05) is 12.1 Å². The lowest BCUT2D eigenvalue weighted by Crippen LogP contribution is -2.38. The van der Waals surface area contributed by atoms with Crippen LogP contribution in [0.5, 0.6) is 5.75 Å². The number of aryl methyl sites for hydroxylation is 1. The zero-order chi connectivity index (χ0) is 10.2. The summed E-state index contributed by atoms with van der Waals surface area (Å²) in [5.74, 6) is 0.726. The zero-order valence-corrected chi connectivity index (χ0v) is 8.77. The average Bonchev–Trinajstić information content (AvgIpc) is 2.17. The van der Waals surface area contributed by atoms with Gasteiger partial charge in [-0.3, -0.25) is 0 Å². The van der Waals surface area contributed by atoms with E-state index in [1.54, 1.807) is 13.0 Å². The molecule has 0 unspecified atom stereocenters. The Morgan fingerprint density at radius 2 is 2.36 bits per heavy atom. The molecule has 1 aromatic rings. The van der Waals surface area contributed by atoms with Crippen molar-refractivity contribution in [2.24, 2.45) is 0 Å². The van der Waals surface area contributed by atoms with Crippen LogP contribution in [0.15, 0.2) is 18.2 Å². The minimum absolute atomic E-state index is 0.459. The molecule has 3 heteroatoms. The Hall–Kier alpha value is -0.760. The van der Waals surface area contributed by atoms with Gasteiger partial charge in [0.2, 0.25) is 0 Å². The van der Waals surface area contributed by atoms with Crippen LogP contribution in [-0.4, -0.2) is 12.3 Å². The van der Waals surface area contributed by atoms with Gasteiger partial charge in [-0.2, -0.15) is 0 Å². The van der Waals surface area contributed by atoms with Gasteiger partial charge in [-0.25, -0.2) is 4.39 Å². The molecule has 0 radical (unpaired) electrons. The molecule has 1 heterocycles. The van der Waals surface area contributed by atoms with Crippen molar-refractivity contribution >= 4 is 11.6 Å². The first kappa shape index (κ1) is 9.78. The summed E-state index contributed by atoms with van der Waals surface area (Å²) in [6, 6.07) is 5.53. The molecule has 0 aliphatic carbocycles. The maximum atomic E-state index is 12.7. The SMILES string of the molecule is C[C@@]1(CF)CCc2ccc(Cl)cc2O1. The fourth-order valence-corrected chi connectivity index (χ4v) is 1.80. The Bertz CT molecular complexity index is 353. The summed E-state index contributed by atoms with van der Waals surface area (Å²) in [4.78, 5) is 0. The lowest BCUT2D eigenvalue weighted by atomic mass is 9.94. The van der Waals surface area contributed by atoms with Gasteiger partial charge in [-0.1, -0.05) is 17.7 Å². The third-order valence-corrected chi connectivity index (χ3v) is 2.83. The van der Waals surface area contributed by atoms with Crippen LogP contribution in [-0.2, 0) is 6.42 Å². The van der Waals surface area contributed by atoms with Crippen molar-refractivity contribution < 1.29 is 9.13 Å². The Kier molecular flexibility index (Phi) is 2.40. The Morgan fingerprint density at radius 3 is 3.07 bits per heavy atom. The van der Waals surface area contributed by atoms with Crippen LogP contribution < -0.4 is 4.74 Å². The first-order valence-corrected chi connectivity index (χ1v) is 5.04. The van der Waals surface area contributed by atoms with Gasteiger partial charge in [0.25, 0.3) is 0 Å². The van der Waals surface area contributed by atoms with Crippen molar-refractivity contribution in [2.75, 3.05) is 6.67 Å². The van der Waals surface area contributed by atoms with Crippen molar-refractivity contribution in [2.45, 2.75) is 25.4 Å². The highest BCUT2D eigenvalue weighted by atomic mass is 35.5. The van der Waals surface area contributed by atoms with Crippen LogP contribution in [0.25, 0.3) is 0 Å². The van der Waals surface area contributed by atoms with Gasteiger partial charge in [-0.15, -0.1) is 0 Å². The smallest absolute Gasteiger partial charge is 0.135 e. The molecule has 0 bridgehead atoms. The molecule has 2 rings (SSSR count). The van der Waals surface area contributed by atoms with Gasteiger partial charge in [0.1, 0.15) is 18.0 Å². The monoisotopic (exact) mass is 214 g/mol. The molecular weight excluding hydrogens is 203 g/mol. The van der Waals surface area contributed by atoms with E-state index in [0.29, 0.717) is 5.02 Å². The molecule has 0 saturated heterocycles. The van der Waals surface area contributed by atoms with Crippen molar-refractivity contribution in [3.05, 3.63) is 28.8 Å². The molecule has 1 nitrogen and oxygen atoms in total. The Balaban J connectivity index is 2.33. The first-order chi connectivity index (χ1) is 6.63. The van der Waals surface area contributed by atoms with E-state index in [2.05, 4.69) is 0 Å². The van der Waals surface area contributed by atoms with Gasteiger partial charge in [-0.05, 0) is 37.5 Å². The fraction of sp³-hybridized carbons (Fsp3) is 0.455. The first-order valence-electron chi connectivity index (χ1n) is 4.66. The van der Waals surface area contributed by atoms with Crippen LogP contribution >= 0.6 is 11.6 Å². The molecule has 1 aliphatic rings. The number of ether oxygens (including phenoxy) is 1. The molecule has 1 aromatic carbocycles. The minimum Gasteiger partial charge on any atom is -0.484 e. The summed E-state index contributed by atoms with van der Waals surface area (Å²) in [6.45, 7) is 1.33. The number of alkyl halides is 1. The summed E-state index contributed by atoms with van der Waals surface area (Å²) in [5, 5.41) is 0.631. The van der Waals surface area contributed by atoms with Crippen molar-refractivity contribution in [1.82, 2.24) is 0 Å². The topological polar surface area (TPSA) is 9.23 Å². The summed E-state index contributed by atoms with van der Waals surface area (Å²) < 4.78 is 18.3. The fourth-order valence-electron chi connectivity index (χ4n) is 1.64. The highest BCUT2D eigenvalue weighted by molar-refractivity contribution is 6.30. The predicted molar refractivity (Wildman–Crippen MR) is 54.8 cm³/mol. The second kappa shape index (κ2) is 3.43. The summed E-state index contributed by atoms with van der Waals surface area (Å²) in [7, 11) is 0. The maximum Gasteiger partial charge on any atom is 0.135 e. The van der Waals surface area contributed by atoms with E-state index in [4.69, 9.17) is 16.3 Å². The molecule has 0 saturated carbocycles.